The van der Waals surface area contributed by atoms with Crippen molar-refractivity contribution >= 4 is 11.8 Å². The van der Waals surface area contributed by atoms with Gasteiger partial charge in [-0.1, -0.05) is 18.6 Å². The van der Waals surface area contributed by atoms with E-state index in [1.54, 1.807) is 24.3 Å². The Balaban J connectivity index is 1.82. The molecule has 1 heterocycles. The highest BCUT2D eigenvalue weighted by molar-refractivity contribution is 6.21. The number of carbonyl (C=O) groups is 2. The van der Waals surface area contributed by atoms with Gasteiger partial charge in [0.2, 0.25) is 0 Å². The number of nitrogens with zero attached hydrogens (tertiary/aromatic N) is 3. The molecule has 174 valence electrons. The van der Waals surface area contributed by atoms with Crippen molar-refractivity contribution in [2.75, 3.05) is 65.4 Å². The quantitative estimate of drug-likeness (QED) is 0.197. The zero-order chi connectivity index (χ0) is 22.6. The van der Waals surface area contributed by atoms with Crippen LogP contribution >= 0.6 is 0 Å². The van der Waals surface area contributed by atoms with E-state index in [-0.39, 0.29) is 17.9 Å². The summed E-state index contributed by atoms with van der Waals surface area (Å²) < 4.78 is 0. The molecule has 1 aromatic carbocycles. The summed E-state index contributed by atoms with van der Waals surface area (Å²) in [5.41, 5.74) is 24.3. The van der Waals surface area contributed by atoms with Gasteiger partial charge in [-0.2, -0.15) is 0 Å². The molecule has 0 aromatic heterocycles. The first-order valence-corrected chi connectivity index (χ1v) is 11.3. The Morgan fingerprint density at radius 3 is 1.87 bits per heavy atom. The SMILES string of the molecule is NCCN(CCN)CCN(CCN)C(CN)CCCCN1C(=O)c2ccccc2C1=O. The molecule has 0 saturated carbocycles. The number of unbranched alkanes of at least 4 members (excludes halogenated alkanes) is 1. The number of imide groups is 1. The topological polar surface area (TPSA) is 148 Å². The molecule has 1 unspecified atom stereocenters. The van der Waals surface area contributed by atoms with Crippen LogP contribution in [0.2, 0.25) is 0 Å². The molecule has 1 aliphatic heterocycles. The lowest BCUT2D eigenvalue weighted by Gasteiger charge is -2.33. The molecular formula is C22H39N7O2. The maximum atomic E-state index is 12.5. The summed E-state index contributed by atoms with van der Waals surface area (Å²) >= 11 is 0. The predicted octanol–water partition coefficient (Wildman–Crippen LogP) is -0.740. The molecule has 0 saturated heterocycles. The highest BCUT2D eigenvalue weighted by Crippen LogP contribution is 2.23. The van der Waals surface area contributed by atoms with E-state index in [0.717, 1.165) is 52.0 Å². The number of amides is 2. The van der Waals surface area contributed by atoms with E-state index in [9.17, 15) is 9.59 Å². The summed E-state index contributed by atoms with van der Waals surface area (Å²) in [6.07, 6.45) is 2.53. The van der Waals surface area contributed by atoms with Crippen LogP contribution in [0.3, 0.4) is 0 Å². The van der Waals surface area contributed by atoms with E-state index in [0.29, 0.717) is 43.9 Å². The molecule has 2 rings (SSSR count). The van der Waals surface area contributed by atoms with Gasteiger partial charge >= 0.3 is 0 Å². The molecule has 31 heavy (non-hydrogen) atoms. The summed E-state index contributed by atoms with van der Waals surface area (Å²) in [5.74, 6) is -0.388. The lowest BCUT2D eigenvalue weighted by Crippen LogP contribution is -2.47. The second kappa shape index (κ2) is 13.5. The molecule has 0 spiro atoms. The van der Waals surface area contributed by atoms with Gasteiger partial charge in [-0.05, 0) is 25.0 Å². The first-order chi connectivity index (χ1) is 15.1. The van der Waals surface area contributed by atoms with E-state index < -0.39 is 0 Å². The summed E-state index contributed by atoms with van der Waals surface area (Å²) in [5, 5.41) is 0. The number of hydrogen-bond donors (Lipinski definition) is 4. The molecule has 2 amide bonds. The number of carbonyl (C=O) groups excluding carboxylic acids is 2. The molecule has 0 aliphatic carbocycles. The van der Waals surface area contributed by atoms with E-state index in [1.165, 1.54) is 4.90 Å². The fraction of sp³-hybridized carbons (Fsp3) is 0.636. The third-order valence-corrected chi connectivity index (χ3v) is 5.85. The first-order valence-electron chi connectivity index (χ1n) is 11.3. The molecule has 9 heteroatoms. The van der Waals surface area contributed by atoms with Crippen molar-refractivity contribution in [3.63, 3.8) is 0 Å². The van der Waals surface area contributed by atoms with Gasteiger partial charge in [0, 0.05) is 71.5 Å². The van der Waals surface area contributed by atoms with Crippen molar-refractivity contribution in [3.8, 4) is 0 Å². The van der Waals surface area contributed by atoms with Crippen LogP contribution in [0.25, 0.3) is 0 Å². The fourth-order valence-corrected chi connectivity index (χ4v) is 4.15. The van der Waals surface area contributed by atoms with Crippen LogP contribution in [0.1, 0.15) is 40.0 Å². The Morgan fingerprint density at radius 1 is 0.774 bits per heavy atom. The van der Waals surface area contributed by atoms with Crippen LogP contribution < -0.4 is 22.9 Å². The van der Waals surface area contributed by atoms with Crippen LogP contribution in [-0.2, 0) is 0 Å². The summed E-state index contributed by atoms with van der Waals surface area (Å²) in [4.78, 5) is 30.9. The Labute approximate surface area is 185 Å². The smallest absolute Gasteiger partial charge is 0.261 e. The number of fused-ring (bicyclic) bond motifs is 1. The van der Waals surface area contributed by atoms with Crippen molar-refractivity contribution in [1.82, 2.24) is 14.7 Å². The van der Waals surface area contributed by atoms with E-state index in [2.05, 4.69) is 9.80 Å². The standard InChI is InChI=1S/C22H39N7O2/c23-8-12-27(13-9-24)15-16-28(14-10-25)18(17-26)5-3-4-11-29-21(30)19-6-1-2-7-20(19)22(29)31/h1-2,6-7,18H,3-5,8-17,23-26H2. The highest BCUT2D eigenvalue weighted by atomic mass is 16.2. The lowest BCUT2D eigenvalue weighted by molar-refractivity contribution is 0.0650. The molecule has 1 aliphatic rings. The molecule has 0 bridgehead atoms. The van der Waals surface area contributed by atoms with Crippen LogP contribution in [0.4, 0.5) is 0 Å². The zero-order valence-corrected chi connectivity index (χ0v) is 18.5. The van der Waals surface area contributed by atoms with E-state index in [4.69, 9.17) is 22.9 Å². The Hall–Kier alpha value is -1.88. The Morgan fingerprint density at radius 2 is 1.35 bits per heavy atom. The number of nitrogens with two attached hydrogens (primary N) is 4. The normalized spacial score (nSPS) is 14.7. The maximum absolute atomic E-state index is 12.5. The van der Waals surface area contributed by atoms with Crippen LogP contribution in [0, 0.1) is 0 Å². The van der Waals surface area contributed by atoms with Gasteiger partial charge in [0.25, 0.3) is 11.8 Å². The van der Waals surface area contributed by atoms with Crippen LogP contribution in [0.15, 0.2) is 24.3 Å². The molecule has 9 nitrogen and oxygen atoms in total. The molecule has 1 aromatic rings. The minimum atomic E-state index is -0.194. The summed E-state index contributed by atoms with van der Waals surface area (Å²) in [6.45, 7) is 6.91. The first kappa shape index (κ1) is 25.4. The third-order valence-electron chi connectivity index (χ3n) is 5.85. The van der Waals surface area contributed by atoms with Crippen molar-refractivity contribution in [2.24, 2.45) is 22.9 Å². The number of hydrogen-bond acceptors (Lipinski definition) is 8. The van der Waals surface area contributed by atoms with Crippen molar-refractivity contribution in [3.05, 3.63) is 35.4 Å². The van der Waals surface area contributed by atoms with Gasteiger partial charge in [0.05, 0.1) is 11.1 Å². The highest BCUT2D eigenvalue weighted by Gasteiger charge is 2.34. The largest absolute Gasteiger partial charge is 0.329 e. The number of rotatable bonds is 16. The van der Waals surface area contributed by atoms with Crippen LogP contribution in [0.5, 0.6) is 0 Å². The minimum Gasteiger partial charge on any atom is -0.329 e. The number of benzene rings is 1. The van der Waals surface area contributed by atoms with Gasteiger partial charge in [-0.3, -0.25) is 24.3 Å². The predicted molar refractivity (Wildman–Crippen MR) is 124 cm³/mol. The van der Waals surface area contributed by atoms with Crippen molar-refractivity contribution in [2.45, 2.75) is 25.3 Å². The van der Waals surface area contributed by atoms with E-state index in [1.807, 2.05) is 0 Å². The van der Waals surface area contributed by atoms with E-state index >= 15 is 0 Å². The second-order valence-electron chi connectivity index (χ2n) is 7.94. The molecule has 0 fully saturated rings. The van der Waals surface area contributed by atoms with Crippen molar-refractivity contribution < 1.29 is 9.59 Å². The van der Waals surface area contributed by atoms with Gasteiger partial charge in [0.1, 0.15) is 0 Å². The summed E-state index contributed by atoms with van der Waals surface area (Å²) in [7, 11) is 0. The third kappa shape index (κ3) is 7.06. The molecule has 0 radical (unpaired) electrons. The van der Waals surface area contributed by atoms with Crippen molar-refractivity contribution in [1.29, 1.82) is 0 Å². The lowest BCUT2D eigenvalue weighted by atomic mass is 10.1. The zero-order valence-electron chi connectivity index (χ0n) is 18.5. The minimum absolute atomic E-state index is 0.194. The maximum Gasteiger partial charge on any atom is 0.261 e. The van der Waals surface area contributed by atoms with Gasteiger partial charge in [-0.15, -0.1) is 0 Å². The van der Waals surface area contributed by atoms with Gasteiger partial charge in [0.15, 0.2) is 0 Å². The average molecular weight is 434 g/mol. The van der Waals surface area contributed by atoms with Gasteiger partial charge < -0.3 is 22.9 Å². The Bertz CT molecular complexity index is 659. The molecule has 8 N–H and O–H groups in total. The molecule has 1 atom stereocenters. The average Bonchev–Trinajstić information content (AvgIpc) is 3.02. The summed E-state index contributed by atoms with van der Waals surface area (Å²) in [6, 6.07) is 7.21. The fourth-order valence-electron chi connectivity index (χ4n) is 4.15. The Kier molecular flexibility index (Phi) is 11.1. The monoisotopic (exact) mass is 433 g/mol. The van der Waals surface area contributed by atoms with Gasteiger partial charge in [-0.25, -0.2) is 0 Å². The second-order valence-corrected chi connectivity index (χ2v) is 7.94. The van der Waals surface area contributed by atoms with Crippen LogP contribution in [-0.4, -0.2) is 98.0 Å². The molecular weight excluding hydrogens is 394 g/mol.